The quantitative estimate of drug-likeness (QED) is 0.609. The van der Waals surface area contributed by atoms with Crippen molar-refractivity contribution in [2.24, 2.45) is 11.8 Å². The summed E-state index contributed by atoms with van der Waals surface area (Å²) >= 11 is 0. The van der Waals surface area contributed by atoms with Crippen molar-refractivity contribution >= 4 is 5.97 Å². The summed E-state index contributed by atoms with van der Waals surface area (Å²) in [5.74, 6) is 1.11. The number of methoxy groups -OCH3 is 1. The third-order valence-electron chi connectivity index (χ3n) is 6.56. The summed E-state index contributed by atoms with van der Waals surface area (Å²) in [5, 5.41) is 9.22. The molecule has 7 heteroatoms. The lowest BCUT2D eigenvalue weighted by Crippen LogP contribution is -2.20. The zero-order valence-electron chi connectivity index (χ0n) is 17.8. The molecule has 0 saturated heterocycles. The van der Waals surface area contributed by atoms with Crippen LogP contribution in [0.3, 0.4) is 0 Å². The standard InChI is InChI=1S/C24H29FN2O4/c1-30-23-11-19(21(25)13-27-23)16-4-2-15(3-5-16)14-31-18-8-9-26-22(10-18)20(12-24(28)29)17-6-7-17/h8-11,13,15-17,20H,2-7,12,14H2,1H3,(H,28,29)/t15-,16+,20?. The van der Waals surface area contributed by atoms with Crippen LogP contribution >= 0.6 is 0 Å². The maximum Gasteiger partial charge on any atom is 0.304 e. The minimum Gasteiger partial charge on any atom is -0.493 e. The van der Waals surface area contributed by atoms with Crippen molar-refractivity contribution < 1.29 is 23.8 Å². The number of rotatable bonds is 9. The summed E-state index contributed by atoms with van der Waals surface area (Å²) in [6.07, 6.45) is 8.94. The molecule has 2 aromatic rings. The van der Waals surface area contributed by atoms with E-state index in [4.69, 9.17) is 9.47 Å². The van der Waals surface area contributed by atoms with Gasteiger partial charge in [0.1, 0.15) is 11.6 Å². The van der Waals surface area contributed by atoms with Gasteiger partial charge in [-0.3, -0.25) is 9.78 Å². The largest absolute Gasteiger partial charge is 0.493 e. The first-order chi connectivity index (χ1) is 15.0. The number of aromatic nitrogens is 2. The van der Waals surface area contributed by atoms with Gasteiger partial charge >= 0.3 is 5.97 Å². The number of aliphatic carboxylic acids is 1. The summed E-state index contributed by atoms with van der Waals surface area (Å²) in [4.78, 5) is 19.6. The molecule has 6 nitrogen and oxygen atoms in total. The van der Waals surface area contributed by atoms with Gasteiger partial charge in [-0.25, -0.2) is 9.37 Å². The number of hydrogen-bond acceptors (Lipinski definition) is 5. The van der Waals surface area contributed by atoms with Crippen LogP contribution < -0.4 is 9.47 Å². The van der Waals surface area contributed by atoms with Gasteiger partial charge in [0.2, 0.25) is 5.88 Å². The molecule has 2 aliphatic carbocycles. The van der Waals surface area contributed by atoms with Crippen LogP contribution in [-0.2, 0) is 4.79 Å². The van der Waals surface area contributed by atoms with Crippen molar-refractivity contribution in [2.75, 3.05) is 13.7 Å². The van der Waals surface area contributed by atoms with Crippen LogP contribution in [0.4, 0.5) is 4.39 Å². The molecule has 0 radical (unpaired) electrons. The predicted octanol–water partition coefficient (Wildman–Crippen LogP) is 4.95. The number of nitrogens with zero attached hydrogens (tertiary/aromatic N) is 2. The SMILES string of the molecule is COc1cc([C@H]2CC[C@@H](COc3ccnc(C(CC(=O)O)C4CC4)c3)CC2)c(F)cn1. The zero-order chi connectivity index (χ0) is 21.8. The highest BCUT2D eigenvalue weighted by molar-refractivity contribution is 5.68. The third-order valence-corrected chi connectivity index (χ3v) is 6.56. The summed E-state index contributed by atoms with van der Waals surface area (Å²) in [5.41, 5.74) is 1.50. The normalized spacial score (nSPS) is 22.0. The topological polar surface area (TPSA) is 81.5 Å². The van der Waals surface area contributed by atoms with Gasteiger partial charge < -0.3 is 14.6 Å². The van der Waals surface area contributed by atoms with E-state index in [1.54, 1.807) is 12.3 Å². The lowest BCUT2D eigenvalue weighted by molar-refractivity contribution is -0.137. The first-order valence-corrected chi connectivity index (χ1v) is 11.0. The molecule has 1 N–H and O–H groups in total. The summed E-state index contributed by atoms with van der Waals surface area (Å²) < 4.78 is 25.4. The summed E-state index contributed by atoms with van der Waals surface area (Å²) in [6, 6.07) is 5.44. The van der Waals surface area contributed by atoms with Gasteiger partial charge in [-0.1, -0.05) is 0 Å². The Morgan fingerprint density at radius 2 is 1.97 bits per heavy atom. The van der Waals surface area contributed by atoms with Crippen LogP contribution in [-0.4, -0.2) is 34.8 Å². The Kier molecular flexibility index (Phi) is 6.68. The van der Waals surface area contributed by atoms with Gasteiger partial charge in [-0.15, -0.1) is 0 Å². The van der Waals surface area contributed by atoms with E-state index in [0.29, 0.717) is 29.9 Å². The van der Waals surface area contributed by atoms with Crippen LogP contribution in [0.25, 0.3) is 0 Å². The number of carboxylic acid groups (broad SMARTS) is 1. The highest BCUT2D eigenvalue weighted by Gasteiger charge is 2.35. The molecule has 31 heavy (non-hydrogen) atoms. The number of halogens is 1. The van der Waals surface area contributed by atoms with Gasteiger partial charge in [-0.05, 0) is 67.9 Å². The van der Waals surface area contributed by atoms with Crippen LogP contribution in [0.15, 0.2) is 30.6 Å². The molecule has 2 aromatic heterocycles. The first-order valence-electron chi connectivity index (χ1n) is 11.0. The molecule has 2 aliphatic rings. The second kappa shape index (κ2) is 9.62. The Hall–Kier alpha value is -2.70. The molecule has 0 aliphatic heterocycles. The molecule has 2 saturated carbocycles. The van der Waals surface area contributed by atoms with Crippen LogP contribution in [0.2, 0.25) is 0 Å². The molecule has 1 unspecified atom stereocenters. The van der Waals surface area contributed by atoms with Crippen molar-refractivity contribution in [3.8, 4) is 11.6 Å². The summed E-state index contributed by atoms with van der Waals surface area (Å²) in [6.45, 7) is 0.603. The van der Waals surface area contributed by atoms with Crippen LogP contribution in [0.1, 0.15) is 68.0 Å². The molecule has 2 heterocycles. The molecule has 166 valence electrons. The maximum atomic E-state index is 14.2. The Labute approximate surface area is 181 Å². The molecule has 4 rings (SSSR count). The average molecular weight is 429 g/mol. The van der Waals surface area contributed by atoms with Gasteiger partial charge in [-0.2, -0.15) is 0 Å². The van der Waals surface area contributed by atoms with Crippen molar-refractivity contribution in [3.05, 3.63) is 47.7 Å². The van der Waals surface area contributed by atoms with E-state index < -0.39 is 5.97 Å². The van der Waals surface area contributed by atoms with E-state index in [9.17, 15) is 14.3 Å². The zero-order valence-corrected chi connectivity index (χ0v) is 17.8. The number of carboxylic acids is 1. The van der Waals surface area contributed by atoms with Crippen molar-refractivity contribution in [1.82, 2.24) is 9.97 Å². The fourth-order valence-electron chi connectivity index (χ4n) is 4.63. The molecule has 0 bridgehead atoms. The van der Waals surface area contributed by atoms with E-state index in [2.05, 4.69) is 9.97 Å². The Morgan fingerprint density at radius 3 is 2.65 bits per heavy atom. The van der Waals surface area contributed by atoms with Crippen LogP contribution in [0.5, 0.6) is 11.6 Å². The second-order valence-corrected chi connectivity index (χ2v) is 8.74. The maximum absolute atomic E-state index is 14.2. The second-order valence-electron chi connectivity index (χ2n) is 8.74. The van der Waals surface area contributed by atoms with Gasteiger partial charge in [0.15, 0.2) is 0 Å². The highest BCUT2D eigenvalue weighted by atomic mass is 19.1. The Morgan fingerprint density at radius 1 is 1.19 bits per heavy atom. The molecular weight excluding hydrogens is 399 g/mol. The van der Waals surface area contributed by atoms with E-state index in [-0.39, 0.29) is 24.1 Å². The molecule has 0 spiro atoms. The number of hydrogen-bond donors (Lipinski definition) is 1. The van der Waals surface area contributed by atoms with Crippen LogP contribution in [0, 0.1) is 17.7 Å². The van der Waals surface area contributed by atoms with E-state index in [1.165, 1.54) is 13.3 Å². The fourth-order valence-corrected chi connectivity index (χ4v) is 4.63. The molecule has 1 atom stereocenters. The van der Waals surface area contributed by atoms with Crippen molar-refractivity contribution in [2.45, 2.75) is 56.8 Å². The molecule has 0 amide bonds. The Balaban J connectivity index is 1.31. The number of ether oxygens (including phenoxy) is 2. The van der Waals surface area contributed by atoms with E-state index >= 15 is 0 Å². The van der Waals surface area contributed by atoms with Gasteiger partial charge in [0.05, 0.1) is 26.3 Å². The third kappa shape index (κ3) is 5.51. The minimum atomic E-state index is -0.787. The smallest absolute Gasteiger partial charge is 0.304 e. The summed E-state index contributed by atoms with van der Waals surface area (Å²) in [7, 11) is 1.54. The first kappa shape index (κ1) is 21.5. The van der Waals surface area contributed by atoms with Crippen molar-refractivity contribution in [1.29, 1.82) is 0 Å². The average Bonchev–Trinajstić information content (AvgIpc) is 3.62. The predicted molar refractivity (Wildman–Crippen MR) is 113 cm³/mol. The van der Waals surface area contributed by atoms with E-state index in [0.717, 1.165) is 50.0 Å². The highest BCUT2D eigenvalue weighted by Crippen LogP contribution is 2.44. The van der Waals surface area contributed by atoms with Gasteiger partial charge in [0.25, 0.3) is 0 Å². The van der Waals surface area contributed by atoms with Gasteiger partial charge in [0, 0.05) is 29.9 Å². The van der Waals surface area contributed by atoms with Crippen molar-refractivity contribution in [3.63, 3.8) is 0 Å². The molecular formula is C24H29FN2O4. The fraction of sp³-hybridized carbons (Fsp3) is 0.542. The lowest BCUT2D eigenvalue weighted by atomic mass is 9.79. The number of pyridine rings is 2. The Bertz CT molecular complexity index is 910. The monoisotopic (exact) mass is 428 g/mol. The van der Waals surface area contributed by atoms with E-state index in [1.807, 2.05) is 12.1 Å². The lowest BCUT2D eigenvalue weighted by Gasteiger charge is -2.29. The molecule has 2 fully saturated rings. The minimum absolute atomic E-state index is 0.0382. The number of carbonyl (C=O) groups is 1. The molecule has 0 aromatic carbocycles.